The molecular formula is C10H11O4P. The molecule has 0 saturated carbocycles. The van der Waals surface area contributed by atoms with E-state index in [-0.39, 0.29) is 0 Å². The summed E-state index contributed by atoms with van der Waals surface area (Å²) in [6, 6.07) is 8.18. The number of aliphatic carboxylic acids is 1. The molecule has 0 heterocycles. The summed E-state index contributed by atoms with van der Waals surface area (Å²) < 4.78 is 17.0. The number of carboxylic acids is 1. The Hall–Kier alpha value is -1.38. The van der Waals surface area contributed by atoms with Gasteiger partial charge in [0.15, 0.2) is 0 Å². The second kappa shape index (κ2) is 4.43. The van der Waals surface area contributed by atoms with Crippen molar-refractivity contribution in [2.45, 2.75) is 0 Å². The summed E-state index contributed by atoms with van der Waals surface area (Å²) in [5, 5.41) is 8.67. The molecule has 0 bridgehead atoms. The van der Waals surface area contributed by atoms with Gasteiger partial charge in [0.05, 0.1) is 0 Å². The highest BCUT2D eigenvalue weighted by Gasteiger charge is 2.32. The van der Waals surface area contributed by atoms with Gasteiger partial charge in [-0.25, -0.2) is 4.79 Å². The molecule has 0 spiro atoms. The van der Waals surface area contributed by atoms with Crippen LogP contribution >= 0.6 is 7.37 Å². The summed E-state index contributed by atoms with van der Waals surface area (Å²) in [5.41, 5.74) is 0. The van der Waals surface area contributed by atoms with Crippen molar-refractivity contribution in [2.24, 2.45) is 0 Å². The summed E-state index contributed by atoms with van der Waals surface area (Å²) in [6.07, 6.45) is 0. The number of carbonyl (C=O) groups is 1. The van der Waals surface area contributed by atoms with Gasteiger partial charge in [0.1, 0.15) is 5.31 Å². The minimum Gasteiger partial charge on any atom is -0.477 e. The van der Waals surface area contributed by atoms with Crippen LogP contribution in [0.5, 0.6) is 0 Å². The van der Waals surface area contributed by atoms with Crippen LogP contribution in [0.4, 0.5) is 0 Å². The molecule has 1 atom stereocenters. The van der Waals surface area contributed by atoms with E-state index < -0.39 is 18.7 Å². The highest BCUT2D eigenvalue weighted by Crippen LogP contribution is 2.52. The zero-order valence-electron chi connectivity index (χ0n) is 8.21. The third-order valence-electron chi connectivity index (χ3n) is 1.96. The Morgan fingerprint density at radius 1 is 1.40 bits per heavy atom. The van der Waals surface area contributed by atoms with Crippen LogP contribution in [0.1, 0.15) is 0 Å². The lowest BCUT2D eigenvalue weighted by Gasteiger charge is -2.15. The lowest BCUT2D eigenvalue weighted by Crippen LogP contribution is -2.12. The Labute approximate surface area is 87.6 Å². The van der Waals surface area contributed by atoms with Crippen molar-refractivity contribution >= 4 is 18.6 Å². The van der Waals surface area contributed by atoms with Crippen molar-refractivity contribution in [1.82, 2.24) is 0 Å². The van der Waals surface area contributed by atoms with Gasteiger partial charge in [-0.2, -0.15) is 0 Å². The molecule has 1 N–H and O–H groups in total. The monoisotopic (exact) mass is 226 g/mol. The van der Waals surface area contributed by atoms with Gasteiger partial charge in [0.2, 0.25) is 0 Å². The van der Waals surface area contributed by atoms with Gasteiger partial charge in [0.25, 0.3) is 7.37 Å². The average Bonchev–Trinajstić information content (AvgIpc) is 2.28. The van der Waals surface area contributed by atoms with E-state index in [0.29, 0.717) is 5.30 Å². The number of carboxylic acid groups (broad SMARTS) is 1. The first-order chi connectivity index (χ1) is 7.02. The largest absolute Gasteiger partial charge is 0.477 e. The summed E-state index contributed by atoms with van der Waals surface area (Å²) in [7, 11) is -2.28. The fourth-order valence-corrected chi connectivity index (χ4v) is 2.68. The Morgan fingerprint density at radius 2 is 1.93 bits per heavy atom. The van der Waals surface area contributed by atoms with Gasteiger partial charge in [-0.05, 0) is 12.1 Å². The van der Waals surface area contributed by atoms with E-state index in [2.05, 4.69) is 6.58 Å². The van der Waals surface area contributed by atoms with Gasteiger partial charge in [-0.15, -0.1) is 0 Å². The van der Waals surface area contributed by atoms with Crippen LogP contribution in [0.15, 0.2) is 42.2 Å². The van der Waals surface area contributed by atoms with Gasteiger partial charge in [-0.3, -0.25) is 4.57 Å². The molecule has 80 valence electrons. The Bertz CT molecular complexity index is 424. The first-order valence-corrected chi connectivity index (χ1v) is 5.79. The maximum absolute atomic E-state index is 12.2. The number of hydrogen-bond donors (Lipinski definition) is 1. The minimum atomic E-state index is -3.49. The van der Waals surface area contributed by atoms with Gasteiger partial charge in [0, 0.05) is 12.4 Å². The SMILES string of the molecule is C=C(C(=O)O)[P@](=O)(OC)c1ccccc1. The van der Waals surface area contributed by atoms with E-state index in [1.165, 1.54) is 7.11 Å². The molecule has 15 heavy (non-hydrogen) atoms. The van der Waals surface area contributed by atoms with E-state index in [9.17, 15) is 9.36 Å². The van der Waals surface area contributed by atoms with Gasteiger partial charge in [-0.1, -0.05) is 24.8 Å². The lowest BCUT2D eigenvalue weighted by molar-refractivity contribution is -0.131. The highest BCUT2D eigenvalue weighted by molar-refractivity contribution is 7.72. The third kappa shape index (κ3) is 2.17. The molecule has 1 aromatic carbocycles. The number of hydrogen-bond acceptors (Lipinski definition) is 3. The van der Waals surface area contributed by atoms with Crippen LogP contribution in [0.25, 0.3) is 0 Å². The normalized spacial score (nSPS) is 14.2. The van der Waals surface area contributed by atoms with Crippen LogP contribution in [0, 0.1) is 0 Å². The van der Waals surface area contributed by atoms with E-state index in [0.717, 1.165) is 0 Å². The van der Waals surface area contributed by atoms with Gasteiger partial charge < -0.3 is 9.63 Å². The highest BCUT2D eigenvalue weighted by atomic mass is 31.2. The molecule has 1 rings (SSSR count). The second-order valence-corrected chi connectivity index (χ2v) is 5.35. The lowest BCUT2D eigenvalue weighted by atomic mass is 10.4. The van der Waals surface area contributed by atoms with Gasteiger partial charge >= 0.3 is 5.97 Å². The van der Waals surface area contributed by atoms with Crippen LogP contribution in [-0.2, 0) is 13.9 Å². The van der Waals surface area contributed by atoms with Crippen LogP contribution in [0.3, 0.4) is 0 Å². The van der Waals surface area contributed by atoms with Crippen molar-refractivity contribution < 1.29 is 19.0 Å². The smallest absolute Gasteiger partial charge is 0.341 e. The zero-order chi connectivity index (χ0) is 11.5. The number of benzene rings is 1. The molecule has 0 aliphatic carbocycles. The van der Waals surface area contributed by atoms with Crippen LogP contribution in [0.2, 0.25) is 0 Å². The quantitative estimate of drug-likeness (QED) is 0.628. The van der Waals surface area contributed by atoms with E-state index in [1.54, 1.807) is 30.3 Å². The van der Waals surface area contributed by atoms with E-state index >= 15 is 0 Å². The predicted molar refractivity (Wildman–Crippen MR) is 57.5 cm³/mol. The zero-order valence-corrected chi connectivity index (χ0v) is 9.11. The molecule has 0 fully saturated rings. The Kier molecular flexibility index (Phi) is 3.45. The second-order valence-electron chi connectivity index (χ2n) is 2.82. The molecule has 0 amide bonds. The topological polar surface area (TPSA) is 63.6 Å². The summed E-state index contributed by atoms with van der Waals surface area (Å²) in [5.74, 6) is -1.32. The molecule has 0 aliphatic heterocycles. The third-order valence-corrected chi connectivity index (χ3v) is 4.35. The standard InChI is InChI=1S/C10H11O4P/c1-8(10(11)12)15(13,14-2)9-6-4-3-5-7-9/h3-7H,1H2,2H3,(H,11,12)/t15-/m0/s1. The molecule has 0 aliphatic rings. The molecular weight excluding hydrogens is 215 g/mol. The Balaban J connectivity index is 3.24. The molecule has 0 aromatic heterocycles. The molecule has 0 unspecified atom stereocenters. The fourth-order valence-electron chi connectivity index (χ4n) is 1.12. The Morgan fingerprint density at radius 3 is 2.33 bits per heavy atom. The van der Waals surface area contributed by atoms with Crippen molar-refractivity contribution in [3.05, 3.63) is 42.2 Å². The molecule has 5 heteroatoms. The summed E-state index contributed by atoms with van der Waals surface area (Å²) in [6.45, 7) is 3.29. The van der Waals surface area contributed by atoms with Crippen molar-refractivity contribution in [1.29, 1.82) is 0 Å². The fraction of sp³-hybridized carbons (Fsp3) is 0.100. The first-order valence-electron chi connectivity index (χ1n) is 4.16. The van der Waals surface area contributed by atoms with E-state index in [1.807, 2.05) is 0 Å². The number of rotatable bonds is 4. The molecule has 0 saturated heterocycles. The molecule has 0 radical (unpaired) electrons. The van der Waals surface area contributed by atoms with Crippen molar-refractivity contribution in [3.63, 3.8) is 0 Å². The first kappa shape index (κ1) is 11.7. The maximum atomic E-state index is 12.2. The average molecular weight is 226 g/mol. The van der Waals surface area contributed by atoms with Crippen LogP contribution < -0.4 is 5.30 Å². The summed E-state index contributed by atoms with van der Waals surface area (Å²) in [4.78, 5) is 10.7. The van der Waals surface area contributed by atoms with Crippen LogP contribution in [-0.4, -0.2) is 18.2 Å². The predicted octanol–water partition coefficient (Wildman–Crippen LogP) is 1.83. The van der Waals surface area contributed by atoms with Crippen molar-refractivity contribution in [3.8, 4) is 0 Å². The van der Waals surface area contributed by atoms with Crippen molar-refractivity contribution in [2.75, 3.05) is 7.11 Å². The molecule has 4 nitrogen and oxygen atoms in total. The summed E-state index contributed by atoms with van der Waals surface area (Å²) >= 11 is 0. The van der Waals surface area contributed by atoms with E-state index in [4.69, 9.17) is 9.63 Å². The molecule has 1 aromatic rings. The maximum Gasteiger partial charge on any atom is 0.341 e. The minimum absolute atomic E-state index is 0.333.